The van der Waals surface area contributed by atoms with Gasteiger partial charge >= 0.3 is 20.3 Å². The Morgan fingerprint density at radius 3 is 2.43 bits per heavy atom. The van der Waals surface area contributed by atoms with E-state index in [1.54, 1.807) is 18.2 Å². The van der Waals surface area contributed by atoms with Gasteiger partial charge in [-0.2, -0.15) is 0 Å². The molecule has 1 saturated heterocycles. The molecule has 2 heterocycles. The van der Waals surface area contributed by atoms with E-state index >= 15 is 4.39 Å². The van der Waals surface area contributed by atoms with Gasteiger partial charge in [-0.1, -0.05) is 48.5 Å². The van der Waals surface area contributed by atoms with Gasteiger partial charge in [0, 0.05) is 12.3 Å². The first kappa shape index (κ1) is 26.5. The molecule has 13 heteroatoms. The van der Waals surface area contributed by atoms with Gasteiger partial charge in [-0.3, -0.25) is 13.9 Å². The summed E-state index contributed by atoms with van der Waals surface area (Å²) in [4.78, 5) is 37.9. The normalized spacial score (nSPS) is 21.2. The zero-order valence-electron chi connectivity index (χ0n) is 19.3. The number of hydrogen-bond donors (Lipinski definition) is 0. The van der Waals surface area contributed by atoms with Gasteiger partial charge in [0.25, 0.3) is 5.56 Å². The summed E-state index contributed by atoms with van der Waals surface area (Å²) in [5.74, 6) is -0.847. The van der Waals surface area contributed by atoms with E-state index in [0.29, 0.717) is 0 Å². The molecule has 3 aromatic rings. The van der Waals surface area contributed by atoms with Crippen molar-refractivity contribution in [1.29, 1.82) is 0 Å². The highest BCUT2D eigenvalue weighted by atomic mass is 31.1. The van der Waals surface area contributed by atoms with Crippen molar-refractivity contribution in [3.63, 3.8) is 0 Å². The Hall–Kier alpha value is -3.54. The molecule has 0 radical (unpaired) electrons. The number of hydrogen-bond acceptors (Lipinski definition) is 9. The highest BCUT2D eigenvalue weighted by Crippen LogP contribution is 2.34. The summed E-state index contributed by atoms with van der Waals surface area (Å²) in [6.45, 7) is -0.824. The Morgan fingerprint density at radius 2 is 1.73 bits per heavy atom. The third-order valence-electron chi connectivity index (χ3n) is 5.42. The van der Waals surface area contributed by atoms with Gasteiger partial charge < -0.3 is 18.9 Å². The molecule has 0 N–H and O–H groups in total. The van der Waals surface area contributed by atoms with Crippen LogP contribution in [0.15, 0.2) is 82.5 Å². The Labute approximate surface area is 211 Å². The van der Waals surface area contributed by atoms with Crippen LogP contribution in [0.2, 0.25) is 0 Å². The number of halogens is 1. The molecule has 2 aromatic carbocycles. The summed E-state index contributed by atoms with van der Waals surface area (Å²) < 4.78 is 54.0. The summed E-state index contributed by atoms with van der Waals surface area (Å²) in [5.41, 5.74) is -0.577. The van der Waals surface area contributed by atoms with Gasteiger partial charge in [0.2, 0.25) is 6.29 Å². The molecule has 0 spiro atoms. The Balaban J connectivity index is 1.54. The fourth-order valence-corrected chi connectivity index (χ4v) is 3.74. The molecule has 1 unspecified atom stereocenters. The van der Waals surface area contributed by atoms with Crippen LogP contribution in [-0.2, 0) is 41.4 Å². The molecule has 194 valence electrons. The van der Waals surface area contributed by atoms with E-state index in [9.17, 15) is 18.9 Å². The monoisotopic (exact) mass is 532 g/mol. The minimum Gasteiger partial charge on any atom is -0.450 e. The van der Waals surface area contributed by atoms with Crippen molar-refractivity contribution in [2.45, 2.75) is 38.1 Å². The van der Waals surface area contributed by atoms with Gasteiger partial charge in [-0.25, -0.2) is 23.1 Å². The lowest BCUT2D eigenvalue weighted by atomic mass is 10.2. The van der Waals surface area contributed by atoms with Crippen molar-refractivity contribution in [2.75, 3.05) is 6.79 Å². The first-order valence-corrected chi connectivity index (χ1v) is 11.8. The van der Waals surface area contributed by atoms with Gasteiger partial charge in [-0.05, 0) is 17.7 Å². The second-order valence-electron chi connectivity index (χ2n) is 7.80. The highest BCUT2D eigenvalue weighted by molar-refractivity contribution is 7.17. The lowest BCUT2D eigenvalue weighted by Crippen LogP contribution is -2.43. The van der Waals surface area contributed by atoms with Crippen LogP contribution < -0.4 is 11.2 Å². The molecule has 1 aliphatic heterocycles. The molecule has 1 fully saturated rings. The van der Waals surface area contributed by atoms with Crippen LogP contribution in [0.1, 0.15) is 22.1 Å². The number of esters is 1. The minimum atomic E-state index is -2.07. The van der Waals surface area contributed by atoms with E-state index in [0.717, 1.165) is 27.0 Å². The van der Waals surface area contributed by atoms with Gasteiger partial charge in [0.05, 0.1) is 12.2 Å². The van der Waals surface area contributed by atoms with Crippen molar-refractivity contribution in [1.82, 2.24) is 9.13 Å². The van der Waals surface area contributed by atoms with E-state index in [2.05, 4.69) is 4.52 Å². The van der Waals surface area contributed by atoms with Crippen LogP contribution in [0.3, 0.4) is 0 Å². The van der Waals surface area contributed by atoms with Gasteiger partial charge in [0.1, 0.15) is 6.73 Å². The predicted octanol–water partition coefficient (Wildman–Crippen LogP) is 2.80. The maximum Gasteiger partial charge on any atom is 0.338 e. The first-order chi connectivity index (χ1) is 18.0. The maximum absolute atomic E-state index is 15.6. The molecule has 0 saturated carbocycles. The Morgan fingerprint density at radius 1 is 1.03 bits per heavy atom. The number of rotatable bonds is 11. The number of ether oxygens (including phenoxy) is 4. The summed E-state index contributed by atoms with van der Waals surface area (Å²) >= 11 is 0. The van der Waals surface area contributed by atoms with Crippen molar-refractivity contribution < 1.29 is 37.2 Å². The van der Waals surface area contributed by atoms with Gasteiger partial charge in [-0.15, -0.1) is 0 Å². The van der Waals surface area contributed by atoms with E-state index in [-0.39, 0.29) is 18.9 Å². The summed E-state index contributed by atoms with van der Waals surface area (Å²) in [6.07, 6.45) is -5.73. The fourth-order valence-electron chi connectivity index (χ4n) is 3.63. The lowest BCUT2D eigenvalue weighted by Gasteiger charge is -2.19. The summed E-state index contributed by atoms with van der Waals surface area (Å²) in [6, 6.07) is 18.0. The molecule has 4 rings (SSSR count). The third-order valence-corrected chi connectivity index (χ3v) is 5.63. The zero-order valence-corrected chi connectivity index (χ0v) is 20.1. The Bertz CT molecular complexity index is 1320. The van der Waals surface area contributed by atoms with Crippen molar-refractivity contribution in [2.24, 2.45) is 0 Å². The summed E-state index contributed by atoms with van der Waals surface area (Å²) in [7, 11) is -0.690. The lowest BCUT2D eigenvalue weighted by molar-refractivity contribution is -0.201. The molecule has 4 atom stereocenters. The smallest absolute Gasteiger partial charge is 0.338 e. The number of carbonyl (C=O) groups excluding carboxylic acids is 1. The van der Waals surface area contributed by atoms with Crippen molar-refractivity contribution >= 4 is 14.7 Å². The van der Waals surface area contributed by atoms with Crippen LogP contribution in [0.4, 0.5) is 4.39 Å². The van der Waals surface area contributed by atoms with E-state index in [1.807, 2.05) is 30.3 Å². The highest BCUT2D eigenvalue weighted by Gasteiger charge is 2.50. The SMILES string of the molecule is O=POCO[C@H]1O[C@@H](n2ccc(=O)n(COCc3ccccc3)c2=O)[C@@H](F)C1OC(=O)c1ccccc1. The number of carbonyl (C=O) groups is 1. The largest absolute Gasteiger partial charge is 0.450 e. The van der Waals surface area contributed by atoms with Crippen LogP contribution in [0.25, 0.3) is 0 Å². The fraction of sp³-hybridized carbons (Fsp3) is 0.292. The molecule has 37 heavy (non-hydrogen) atoms. The van der Waals surface area contributed by atoms with Crippen molar-refractivity contribution in [3.05, 3.63) is 105 Å². The van der Waals surface area contributed by atoms with Crippen molar-refractivity contribution in [3.8, 4) is 0 Å². The standard InChI is InChI=1S/C24H22FN2O9P/c25-19-20(35-22(29)17-9-5-2-6-10-17)23(33-15-34-37-31)36-21(19)26-12-11-18(28)27(24(26)30)14-32-13-16-7-3-1-4-8-16/h1-12,19-21,23H,13-15H2/t19-,20?,21+,23-/m0/s1. The summed E-state index contributed by atoms with van der Waals surface area (Å²) in [5, 5.41) is 0. The van der Waals surface area contributed by atoms with E-state index in [1.165, 1.54) is 12.1 Å². The van der Waals surface area contributed by atoms with E-state index in [4.69, 9.17) is 18.9 Å². The molecule has 0 amide bonds. The molecular formula is C24H22FN2O9P. The van der Waals surface area contributed by atoms with Crippen LogP contribution in [0, 0.1) is 0 Å². The average Bonchev–Trinajstić information content (AvgIpc) is 3.22. The predicted molar refractivity (Wildman–Crippen MR) is 125 cm³/mol. The maximum atomic E-state index is 15.6. The number of alkyl halides is 1. The molecule has 11 nitrogen and oxygen atoms in total. The zero-order chi connectivity index (χ0) is 26.2. The van der Waals surface area contributed by atoms with Crippen LogP contribution in [-0.4, -0.2) is 40.5 Å². The molecule has 1 aliphatic rings. The topological polar surface area (TPSA) is 124 Å². The third kappa shape index (κ3) is 6.43. The Kier molecular flexibility index (Phi) is 9.04. The number of benzene rings is 2. The second-order valence-corrected chi connectivity index (χ2v) is 8.21. The number of nitrogens with zero attached hydrogens (tertiary/aromatic N) is 2. The number of aromatic nitrogens is 2. The van der Waals surface area contributed by atoms with Crippen LogP contribution in [0.5, 0.6) is 0 Å². The molecular weight excluding hydrogens is 510 g/mol. The quantitative estimate of drug-likeness (QED) is 0.159. The van der Waals surface area contributed by atoms with E-state index < -0.39 is 57.5 Å². The minimum absolute atomic E-state index is 0.139. The average molecular weight is 532 g/mol. The first-order valence-electron chi connectivity index (χ1n) is 11.0. The van der Waals surface area contributed by atoms with Gasteiger partial charge in [0.15, 0.2) is 25.3 Å². The molecule has 1 aromatic heterocycles. The molecule has 0 bridgehead atoms. The van der Waals surface area contributed by atoms with Crippen LogP contribution >= 0.6 is 8.69 Å². The molecule has 0 aliphatic carbocycles. The second kappa shape index (κ2) is 12.6.